The Morgan fingerprint density at radius 1 is 1.33 bits per heavy atom. The summed E-state index contributed by atoms with van der Waals surface area (Å²) in [6.07, 6.45) is 2.15. The number of hydrogen-bond acceptors (Lipinski definition) is 2. The van der Waals surface area contributed by atoms with Gasteiger partial charge in [0.2, 0.25) is 0 Å². The minimum absolute atomic E-state index is 0.224. The Bertz CT molecular complexity index is 334. The second-order valence-electron chi connectivity index (χ2n) is 3.82. The van der Waals surface area contributed by atoms with Crippen LogP contribution in [0.4, 0.5) is 4.39 Å². The highest BCUT2D eigenvalue weighted by Crippen LogP contribution is 2.29. The molecule has 1 aromatic rings. The molecule has 2 atom stereocenters. The van der Waals surface area contributed by atoms with Crippen molar-refractivity contribution in [1.82, 2.24) is 0 Å². The van der Waals surface area contributed by atoms with Crippen molar-refractivity contribution in [3.8, 4) is 0 Å². The van der Waals surface area contributed by atoms with E-state index in [1.54, 1.807) is 12.1 Å². The summed E-state index contributed by atoms with van der Waals surface area (Å²) in [4.78, 5) is 10.6. The number of benzene rings is 1. The maximum atomic E-state index is 12.7. The second kappa shape index (κ2) is 4.53. The molecule has 2 rings (SSSR count). The van der Waals surface area contributed by atoms with E-state index in [1.165, 1.54) is 12.1 Å². The van der Waals surface area contributed by atoms with Crippen LogP contribution in [-0.2, 0) is 9.53 Å². The maximum Gasteiger partial charge on any atom is 0.148 e. The van der Waals surface area contributed by atoms with E-state index in [1.807, 2.05) is 0 Å². The minimum atomic E-state index is -0.297. The third-order valence-electron chi connectivity index (χ3n) is 2.81. The largest absolute Gasteiger partial charge is 0.371 e. The van der Waals surface area contributed by atoms with Crippen molar-refractivity contribution in [2.24, 2.45) is 0 Å². The molecule has 2 nitrogen and oxygen atoms in total. The molecule has 0 saturated carbocycles. The van der Waals surface area contributed by atoms with Gasteiger partial charge in [-0.25, -0.2) is 4.39 Å². The van der Waals surface area contributed by atoms with Crippen LogP contribution in [0.2, 0.25) is 0 Å². The van der Waals surface area contributed by atoms with Crippen LogP contribution in [0.25, 0.3) is 0 Å². The fourth-order valence-corrected chi connectivity index (χ4v) is 1.96. The SMILES string of the molecule is O=CC1CC(c2ccc(F)cc2)CCO1. The Hall–Kier alpha value is -1.22. The summed E-state index contributed by atoms with van der Waals surface area (Å²) in [7, 11) is 0. The van der Waals surface area contributed by atoms with E-state index in [-0.39, 0.29) is 11.9 Å². The Morgan fingerprint density at radius 3 is 2.73 bits per heavy atom. The number of rotatable bonds is 2. The molecule has 80 valence electrons. The van der Waals surface area contributed by atoms with Crippen molar-refractivity contribution in [1.29, 1.82) is 0 Å². The van der Waals surface area contributed by atoms with Crippen molar-refractivity contribution in [2.45, 2.75) is 24.9 Å². The molecule has 3 heteroatoms. The molecular weight excluding hydrogens is 195 g/mol. The molecule has 1 saturated heterocycles. The first-order chi connectivity index (χ1) is 7.29. The molecule has 15 heavy (non-hydrogen) atoms. The van der Waals surface area contributed by atoms with Gasteiger partial charge in [0, 0.05) is 6.61 Å². The quantitative estimate of drug-likeness (QED) is 0.697. The number of ether oxygens (including phenoxy) is 1. The highest BCUT2D eigenvalue weighted by Gasteiger charge is 2.23. The average molecular weight is 208 g/mol. The van der Waals surface area contributed by atoms with Gasteiger partial charge in [0.05, 0.1) is 0 Å². The fourth-order valence-electron chi connectivity index (χ4n) is 1.96. The van der Waals surface area contributed by atoms with Crippen molar-refractivity contribution >= 4 is 6.29 Å². The predicted molar refractivity (Wildman–Crippen MR) is 54.2 cm³/mol. The first kappa shape index (κ1) is 10.3. The van der Waals surface area contributed by atoms with Gasteiger partial charge in [-0.1, -0.05) is 12.1 Å². The van der Waals surface area contributed by atoms with Crippen molar-refractivity contribution < 1.29 is 13.9 Å². The predicted octanol–water partition coefficient (Wildman–Crippen LogP) is 2.29. The topological polar surface area (TPSA) is 26.3 Å². The molecule has 1 fully saturated rings. The molecule has 0 N–H and O–H groups in total. The monoisotopic (exact) mass is 208 g/mol. The Balaban J connectivity index is 2.09. The van der Waals surface area contributed by atoms with Gasteiger partial charge in [0.15, 0.2) is 0 Å². The van der Waals surface area contributed by atoms with Crippen LogP contribution in [0.15, 0.2) is 24.3 Å². The molecule has 0 spiro atoms. The zero-order valence-corrected chi connectivity index (χ0v) is 8.36. The maximum absolute atomic E-state index is 12.7. The number of carbonyl (C=O) groups excluding carboxylic acids is 1. The average Bonchev–Trinajstić information content (AvgIpc) is 2.30. The number of hydrogen-bond donors (Lipinski definition) is 0. The summed E-state index contributed by atoms with van der Waals surface area (Å²) in [6.45, 7) is 0.603. The molecular formula is C12H13FO2. The lowest BCUT2D eigenvalue weighted by Gasteiger charge is -2.26. The molecule has 0 aliphatic carbocycles. The number of carbonyl (C=O) groups is 1. The van der Waals surface area contributed by atoms with Crippen LogP contribution in [0.3, 0.4) is 0 Å². The van der Waals surface area contributed by atoms with Gasteiger partial charge in [0.1, 0.15) is 18.2 Å². The van der Waals surface area contributed by atoms with Crippen molar-refractivity contribution in [3.05, 3.63) is 35.6 Å². The summed E-state index contributed by atoms with van der Waals surface area (Å²) in [5.41, 5.74) is 1.09. The lowest BCUT2D eigenvalue weighted by atomic mass is 9.89. The summed E-state index contributed by atoms with van der Waals surface area (Å²) in [5, 5.41) is 0. The lowest BCUT2D eigenvalue weighted by molar-refractivity contribution is -0.121. The van der Waals surface area contributed by atoms with Gasteiger partial charge in [-0.05, 0) is 36.5 Å². The van der Waals surface area contributed by atoms with Gasteiger partial charge in [-0.15, -0.1) is 0 Å². The van der Waals surface area contributed by atoms with E-state index in [2.05, 4.69) is 0 Å². The zero-order chi connectivity index (χ0) is 10.7. The Kier molecular flexibility index (Phi) is 3.11. The van der Waals surface area contributed by atoms with E-state index in [0.717, 1.165) is 18.3 Å². The van der Waals surface area contributed by atoms with Gasteiger partial charge in [-0.3, -0.25) is 0 Å². The van der Waals surface area contributed by atoms with E-state index in [9.17, 15) is 9.18 Å². The summed E-state index contributed by atoms with van der Waals surface area (Å²) in [6, 6.07) is 6.49. The molecule has 0 radical (unpaired) electrons. The molecule has 0 bridgehead atoms. The summed E-state index contributed by atoms with van der Waals surface area (Å²) >= 11 is 0. The van der Waals surface area contributed by atoms with Gasteiger partial charge in [-0.2, -0.15) is 0 Å². The molecule has 1 aromatic carbocycles. The molecule has 1 aliphatic heterocycles. The van der Waals surface area contributed by atoms with Gasteiger partial charge in [0.25, 0.3) is 0 Å². The number of aldehydes is 1. The van der Waals surface area contributed by atoms with Crippen LogP contribution in [0.1, 0.15) is 24.3 Å². The summed E-state index contributed by atoms with van der Waals surface area (Å²) in [5.74, 6) is 0.0901. The van der Waals surface area contributed by atoms with Crippen LogP contribution in [0, 0.1) is 5.82 Å². The first-order valence-electron chi connectivity index (χ1n) is 5.12. The second-order valence-corrected chi connectivity index (χ2v) is 3.82. The molecule has 1 heterocycles. The third-order valence-corrected chi connectivity index (χ3v) is 2.81. The third kappa shape index (κ3) is 2.42. The number of halogens is 1. The van der Waals surface area contributed by atoms with E-state index >= 15 is 0 Å². The van der Waals surface area contributed by atoms with Crippen LogP contribution in [0.5, 0.6) is 0 Å². The van der Waals surface area contributed by atoms with Crippen LogP contribution < -0.4 is 0 Å². The van der Waals surface area contributed by atoms with E-state index in [0.29, 0.717) is 18.9 Å². The molecule has 0 aromatic heterocycles. The van der Waals surface area contributed by atoms with Crippen molar-refractivity contribution in [3.63, 3.8) is 0 Å². The van der Waals surface area contributed by atoms with Crippen LogP contribution in [-0.4, -0.2) is 19.0 Å². The Labute approximate surface area is 88.1 Å². The smallest absolute Gasteiger partial charge is 0.148 e. The van der Waals surface area contributed by atoms with Crippen LogP contribution >= 0.6 is 0 Å². The molecule has 2 unspecified atom stereocenters. The summed E-state index contributed by atoms with van der Waals surface area (Å²) < 4.78 is 18.0. The van der Waals surface area contributed by atoms with E-state index in [4.69, 9.17) is 4.74 Å². The first-order valence-corrected chi connectivity index (χ1v) is 5.12. The molecule has 1 aliphatic rings. The zero-order valence-electron chi connectivity index (χ0n) is 8.36. The standard InChI is InChI=1S/C12H13FO2/c13-11-3-1-9(2-4-11)10-5-6-15-12(7-10)8-14/h1-4,8,10,12H,5-7H2. The Morgan fingerprint density at radius 2 is 2.07 bits per heavy atom. The van der Waals surface area contributed by atoms with Gasteiger partial charge < -0.3 is 9.53 Å². The highest BCUT2D eigenvalue weighted by molar-refractivity contribution is 5.56. The van der Waals surface area contributed by atoms with E-state index < -0.39 is 0 Å². The fraction of sp³-hybridized carbons (Fsp3) is 0.417. The molecule has 0 amide bonds. The lowest BCUT2D eigenvalue weighted by Crippen LogP contribution is -2.25. The van der Waals surface area contributed by atoms with Gasteiger partial charge >= 0.3 is 0 Å². The van der Waals surface area contributed by atoms with Crippen molar-refractivity contribution in [2.75, 3.05) is 6.61 Å². The minimum Gasteiger partial charge on any atom is -0.371 e. The highest BCUT2D eigenvalue weighted by atomic mass is 19.1. The normalized spacial score (nSPS) is 26.2.